The molecule has 0 spiro atoms. The van der Waals surface area contributed by atoms with Gasteiger partial charge in [-0.05, 0) is 32.3 Å². The van der Waals surface area contributed by atoms with Crippen LogP contribution in [0.25, 0.3) is 0 Å². The van der Waals surface area contributed by atoms with Crippen molar-refractivity contribution < 1.29 is 22.7 Å². The van der Waals surface area contributed by atoms with Crippen LogP contribution in [0.15, 0.2) is 0 Å². The monoisotopic (exact) mass is 311 g/mol. The molecule has 0 aliphatic rings. The van der Waals surface area contributed by atoms with Crippen molar-refractivity contribution in [2.24, 2.45) is 0 Å². The molecular formula is C11H16F3N3O2S. The topological polar surface area (TPSA) is 68.5 Å². The molecule has 0 radical (unpaired) electrons. The second-order valence-electron chi connectivity index (χ2n) is 4.31. The number of anilines is 2. The van der Waals surface area contributed by atoms with E-state index >= 15 is 0 Å². The van der Waals surface area contributed by atoms with Crippen LogP contribution < -0.4 is 10.6 Å². The number of nitrogens with two attached hydrogens (primary N) is 1. The fraction of sp³-hybridized carbons (Fsp3) is 0.636. The summed E-state index contributed by atoms with van der Waals surface area (Å²) < 4.78 is 46.5. The average Bonchev–Trinajstić information content (AvgIpc) is 2.66. The lowest BCUT2D eigenvalue weighted by molar-refractivity contribution is -0.120. The molecule has 114 valence electrons. The number of aromatic nitrogens is 1. The van der Waals surface area contributed by atoms with Crippen molar-refractivity contribution in [2.75, 3.05) is 23.8 Å². The Bertz CT molecular complexity index is 474. The van der Waals surface area contributed by atoms with Gasteiger partial charge in [-0.1, -0.05) is 0 Å². The summed E-state index contributed by atoms with van der Waals surface area (Å²) in [5.74, 6) is -0.877. The lowest BCUT2D eigenvalue weighted by Crippen LogP contribution is -2.39. The van der Waals surface area contributed by atoms with Crippen molar-refractivity contribution >= 4 is 28.3 Å². The molecule has 0 saturated carbocycles. The third-order valence-corrected chi connectivity index (χ3v) is 3.31. The molecule has 1 aromatic rings. The van der Waals surface area contributed by atoms with Crippen LogP contribution >= 0.6 is 11.5 Å². The summed E-state index contributed by atoms with van der Waals surface area (Å²) >= 11 is 0.758. The van der Waals surface area contributed by atoms with E-state index in [4.69, 9.17) is 10.5 Å². The second-order valence-corrected chi connectivity index (χ2v) is 5.06. The van der Waals surface area contributed by atoms with Crippen LogP contribution in [0, 0.1) is 0 Å². The Morgan fingerprint density at radius 2 is 2.10 bits per heavy atom. The Hall–Kier alpha value is -1.51. The van der Waals surface area contributed by atoms with Crippen LogP contribution in [0.5, 0.6) is 0 Å². The summed E-state index contributed by atoms with van der Waals surface area (Å²) in [6.07, 6.45) is -4.39. The number of ether oxygens (including phenoxy) is 1. The molecule has 2 N–H and O–H groups in total. The molecule has 5 nitrogen and oxygen atoms in total. The molecule has 0 saturated heterocycles. The summed E-state index contributed by atoms with van der Waals surface area (Å²) in [5, 5.41) is 0.0771. The summed E-state index contributed by atoms with van der Waals surface area (Å²) in [7, 11) is 0. The second kappa shape index (κ2) is 6.29. The van der Waals surface area contributed by atoms with Crippen LogP contribution in [-0.2, 0) is 4.74 Å². The van der Waals surface area contributed by atoms with Gasteiger partial charge in [0, 0.05) is 6.04 Å². The van der Waals surface area contributed by atoms with Gasteiger partial charge in [0.2, 0.25) is 0 Å². The third kappa shape index (κ3) is 3.99. The van der Waals surface area contributed by atoms with Gasteiger partial charge in [-0.25, -0.2) is 4.79 Å². The normalized spacial score (nSPS) is 11.8. The fourth-order valence-electron chi connectivity index (χ4n) is 1.57. The highest BCUT2D eigenvalue weighted by Gasteiger charge is 2.35. The first-order valence-corrected chi connectivity index (χ1v) is 6.70. The van der Waals surface area contributed by atoms with Crippen LogP contribution in [0.1, 0.15) is 31.1 Å². The predicted molar refractivity (Wildman–Crippen MR) is 71.0 cm³/mol. The first-order valence-electron chi connectivity index (χ1n) is 5.93. The van der Waals surface area contributed by atoms with Gasteiger partial charge in [-0.15, -0.1) is 0 Å². The number of carbonyl (C=O) groups excluding carboxylic acids is 1. The van der Waals surface area contributed by atoms with E-state index in [2.05, 4.69) is 4.37 Å². The van der Waals surface area contributed by atoms with Crippen LogP contribution in [0.2, 0.25) is 0 Å². The molecule has 0 atom stereocenters. The van der Waals surface area contributed by atoms with Crippen molar-refractivity contribution in [2.45, 2.75) is 33.0 Å². The molecule has 0 aromatic carbocycles. The number of esters is 1. The van der Waals surface area contributed by atoms with Crippen molar-refractivity contribution in [1.82, 2.24) is 4.37 Å². The maximum Gasteiger partial charge on any atom is 0.405 e. The first-order chi connectivity index (χ1) is 9.17. The van der Waals surface area contributed by atoms with Gasteiger partial charge in [0.05, 0.1) is 6.61 Å². The van der Waals surface area contributed by atoms with E-state index in [1.807, 2.05) is 0 Å². The van der Waals surface area contributed by atoms with Gasteiger partial charge < -0.3 is 15.4 Å². The highest BCUT2D eigenvalue weighted by Crippen LogP contribution is 2.34. The van der Waals surface area contributed by atoms with Gasteiger partial charge in [0.15, 0.2) is 5.82 Å². The molecule has 0 unspecified atom stereocenters. The van der Waals surface area contributed by atoms with Crippen molar-refractivity contribution in [3.63, 3.8) is 0 Å². The van der Waals surface area contributed by atoms with Crippen LogP contribution in [0.3, 0.4) is 0 Å². The summed E-state index contributed by atoms with van der Waals surface area (Å²) in [6.45, 7) is 3.71. The minimum Gasteiger partial charge on any atom is -0.462 e. The number of nitrogens with zero attached hydrogens (tertiary/aromatic N) is 2. The van der Waals surface area contributed by atoms with E-state index in [9.17, 15) is 18.0 Å². The Labute approximate surface area is 118 Å². The van der Waals surface area contributed by atoms with Gasteiger partial charge in [0.1, 0.15) is 17.1 Å². The minimum atomic E-state index is -4.39. The molecule has 1 rings (SSSR count). The number of hydrogen-bond donors (Lipinski definition) is 1. The van der Waals surface area contributed by atoms with Crippen molar-refractivity contribution in [3.05, 3.63) is 5.56 Å². The van der Waals surface area contributed by atoms with E-state index in [0.717, 1.165) is 16.4 Å². The van der Waals surface area contributed by atoms with Gasteiger partial charge in [0.25, 0.3) is 0 Å². The summed E-state index contributed by atoms with van der Waals surface area (Å²) in [5.41, 5.74) is 5.46. The lowest BCUT2D eigenvalue weighted by Gasteiger charge is -2.28. The number of rotatable bonds is 5. The quantitative estimate of drug-likeness (QED) is 0.847. The molecule has 0 amide bonds. The molecule has 0 aliphatic heterocycles. The summed E-state index contributed by atoms with van der Waals surface area (Å²) in [6, 6.07) is -0.468. The summed E-state index contributed by atoms with van der Waals surface area (Å²) in [4.78, 5) is 12.8. The largest absolute Gasteiger partial charge is 0.462 e. The average molecular weight is 311 g/mol. The Kier molecular flexibility index (Phi) is 5.21. The molecular weight excluding hydrogens is 295 g/mol. The molecule has 9 heteroatoms. The highest BCUT2D eigenvalue weighted by atomic mass is 32.1. The molecule has 0 bridgehead atoms. The van der Waals surface area contributed by atoms with Gasteiger partial charge in [-0.3, -0.25) is 0 Å². The Balaban J connectivity index is 3.18. The Morgan fingerprint density at radius 3 is 2.55 bits per heavy atom. The zero-order valence-corrected chi connectivity index (χ0v) is 12.1. The Morgan fingerprint density at radius 1 is 1.50 bits per heavy atom. The molecule has 1 aromatic heterocycles. The number of alkyl halides is 3. The minimum absolute atomic E-state index is 0.0771. The van der Waals surface area contributed by atoms with E-state index in [-0.39, 0.29) is 23.0 Å². The zero-order chi connectivity index (χ0) is 15.5. The number of halogens is 3. The SMILES string of the molecule is CCOC(=O)c1c(N)nsc1N(CC(F)(F)F)C(C)C. The molecule has 0 aliphatic carbocycles. The number of hydrogen-bond acceptors (Lipinski definition) is 6. The van der Waals surface area contributed by atoms with E-state index in [1.165, 1.54) is 0 Å². The number of carbonyl (C=O) groups is 1. The van der Waals surface area contributed by atoms with E-state index in [0.29, 0.717) is 0 Å². The van der Waals surface area contributed by atoms with Crippen molar-refractivity contribution in [1.29, 1.82) is 0 Å². The predicted octanol–water partition coefficient (Wildman–Crippen LogP) is 2.68. The first kappa shape index (κ1) is 16.5. The molecule has 1 heterocycles. The zero-order valence-electron chi connectivity index (χ0n) is 11.3. The van der Waals surface area contributed by atoms with Crippen LogP contribution in [0.4, 0.5) is 24.0 Å². The highest BCUT2D eigenvalue weighted by molar-refractivity contribution is 7.11. The molecule has 0 fully saturated rings. The smallest absolute Gasteiger partial charge is 0.405 e. The van der Waals surface area contributed by atoms with E-state index in [1.54, 1.807) is 20.8 Å². The van der Waals surface area contributed by atoms with Crippen molar-refractivity contribution in [3.8, 4) is 0 Å². The van der Waals surface area contributed by atoms with Gasteiger partial charge in [-0.2, -0.15) is 17.5 Å². The lowest BCUT2D eigenvalue weighted by atomic mass is 10.2. The maximum absolute atomic E-state index is 12.6. The number of nitrogen functional groups attached to an aromatic ring is 1. The standard InChI is InChI=1S/C11H16F3N3O2S/c1-4-19-10(18)7-8(15)16-20-9(7)17(6(2)3)5-11(12,13)14/h6H,4-5H2,1-3H3,(H2,15,16). The molecule has 20 heavy (non-hydrogen) atoms. The fourth-order valence-corrected chi connectivity index (χ4v) is 2.50. The van der Waals surface area contributed by atoms with E-state index < -0.39 is 24.7 Å². The van der Waals surface area contributed by atoms with Crippen LogP contribution in [-0.4, -0.2) is 35.7 Å². The maximum atomic E-state index is 12.6. The third-order valence-electron chi connectivity index (χ3n) is 2.41. The van der Waals surface area contributed by atoms with Gasteiger partial charge >= 0.3 is 12.1 Å².